The van der Waals surface area contributed by atoms with E-state index in [2.05, 4.69) is 11.3 Å². The van der Waals surface area contributed by atoms with Crippen LogP contribution < -0.4 is 0 Å². The summed E-state index contributed by atoms with van der Waals surface area (Å²) in [6, 6.07) is 0.603. The Kier molecular flexibility index (Phi) is 11.7. The van der Waals surface area contributed by atoms with Crippen LogP contribution in [0.15, 0.2) is 0 Å². The van der Waals surface area contributed by atoms with Gasteiger partial charge < -0.3 is 4.43 Å². The van der Waals surface area contributed by atoms with Crippen molar-refractivity contribution in [3.8, 4) is 0 Å². The maximum Gasteiger partial charge on any atom is 0.489 e. The fourth-order valence-corrected chi connectivity index (χ4v) is 4.40. The molecular weight excluding hydrogens is 321 g/mol. The van der Waals surface area contributed by atoms with Crippen molar-refractivity contribution in [3.05, 3.63) is 0 Å². The lowest BCUT2D eigenvalue weighted by atomic mass is 10.1. The molecule has 0 amide bonds. The average molecular weight is 355 g/mol. The molecular formula is C17H33F3O2Si. The van der Waals surface area contributed by atoms with Crippen molar-refractivity contribution in [1.82, 2.24) is 0 Å². The maximum atomic E-state index is 12.2. The lowest BCUT2D eigenvalue weighted by Gasteiger charge is -2.23. The number of alkyl halides is 3. The summed E-state index contributed by atoms with van der Waals surface area (Å²) in [5.41, 5.74) is 0. The highest BCUT2D eigenvalue weighted by molar-refractivity contribution is 6.72. The molecule has 0 heterocycles. The first-order valence-corrected chi connectivity index (χ1v) is 12.1. The van der Waals surface area contributed by atoms with Gasteiger partial charge in [0.1, 0.15) is 0 Å². The van der Waals surface area contributed by atoms with Gasteiger partial charge in [0, 0.05) is 0 Å². The van der Waals surface area contributed by atoms with Gasteiger partial charge in [-0.05, 0) is 19.1 Å². The van der Waals surface area contributed by atoms with Gasteiger partial charge in [0.25, 0.3) is 0 Å². The van der Waals surface area contributed by atoms with Crippen LogP contribution in [0, 0.1) is 0 Å². The fraction of sp³-hybridized carbons (Fsp3) is 0.941. The Morgan fingerprint density at radius 1 is 0.826 bits per heavy atom. The Labute approximate surface area is 140 Å². The summed E-state index contributed by atoms with van der Waals surface area (Å²) < 4.78 is 41.2. The van der Waals surface area contributed by atoms with E-state index in [4.69, 9.17) is 0 Å². The zero-order chi connectivity index (χ0) is 17.8. The van der Waals surface area contributed by atoms with Crippen LogP contribution in [0.2, 0.25) is 19.1 Å². The van der Waals surface area contributed by atoms with Crippen molar-refractivity contribution < 1.29 is 22.4 Å². The topological polar surface area (TPSA) is 26.3 Å². The Balaban J connectivity index is 3.54. The van der Waals surface area contributed by atoms with Gasteiger partial charge in [-0.1, -0.05) is 77.6 Å². The lowest BCUT2D eigenvalue weighted by Crippen LogP contribution is -2.39. The SMILES string of the molecule is CCCCCCCCCCCCC[Si](C)(C)OC(=O)C(F)(F)F. The second kappa shape index (κ2) is 11.9. The highest BCUT2D eigenvalue weighted by atomic mass is 28.4. The van der Waals surface area contributed by atoms with Gasteiger partial charge in [-0.3, -0.25) is 0 Å². The highest BCUT2D eigenvalue weighted by Crippen LogP contribution is 2.23. The number of hydrogen-bond acceptors (Lipinski definition) is 2. The molecule has 0 aliphatic heterocycles. The maximum absolute atomic E-state index is 12.2. The van der Waals surface area contributed by atoms with Crippen molar-refractivity contribution in [2.75, 3.05) is 0 Å². The first-order chi connectivity index (χ1) is 10.7. The predicted molar refractivity (Wildman–Crippen MR) is 90.9 cm³/mol. The predicted octanol–water partition coefficient (Wildman–Crippen LogP) is 6.61. The Bertz CT molecular complexity index is 317. The molecule has 0 aromatic rings. The molecule has 0 unspecified atom stereocenters. The van der Waals surface area contributed by atoms with Gasteiger partial charge in [0.05, 0.1) is 0 Å². The summed E-state index contributed by atoms with van der Waals surface area (Å²) in [6.45, 7) is 5.56. The molecule has 0 atom stereocenters. The zero-order valence-corrected chi connectivity index (χ0v) is 15.9. The zero-order valence-electron chi connectivity index (χ0n) is 14.9. The summed E-state index contributed by atoms with van der Waals surface area (Å²) >= 11 is 0. The van der Waals surface area contributed by atoms with Crippen molar-refractivity contribution in [1.29, 1.82) is 0 Å². The van der Waals surface area contributed by atoms with Gasteiger partial charge in [0.15, 0.2) is 0 Å². The summed E-state index contributed by atoms with van der Waals surface area (Å²) in [5.74, 6) is -2.03. The monoisotopic (exact) mass is 354 g/mol. The molecule has 0 spiro atoms. The van der Waals surface area contributed by atoms with E-state index in [-0.39, 0.29) is 0 Å². The molecule has 0 bridgehead atoms. The van der Waals surface area contributed by atoms with Crippen LogP contribution in [0.1, 0.15) is 77.6 Å². The van der Waals surface area contributed by atoms with Crippen molar-refractivity contribution in [2.45, 2.75) is 103 Å². The number of unbranched alkanes of at least 4 members (excludes halogenated alkanes) is 10. The van der Waals surface area contributed by atoms with Crippen LogP contribution in [0.5, 0.6) is 0 Å². The largest absolute Gasteiger partial charge is 0.513 e. The molecule has 0 aliphatic rings. The fourth-order valence-electron chi connectivity index (χ4n) is 2.57. The molecule has 0 N–H and O–H groups in total. The molecule has 0 fully saturated rings. The van der Waals surface area contributed by atoms with Crippen molar-refractivity contribution >= 4 is 14.3 Å². The molecule has 138 valence electrons. The Morgan fingerprint density at radius 3 is 1.61 bits per heavy atom. The minimum atomic E-state index is -4.87. The van der Waals surface area contributed by atoms with Gasteiger partial charge in [-0.2, -0.15) is 13.2 Å². The van der Waals surface area contributed by atoms with Crippen molar-refractivity contribution in [3.63, 3.8) is 0 Å². The number of halogens is 3. The summed E-state index contributed by atoms with van der Waals surface area (Å²) in [6.07, 6.45) is 8.42. The quantitative estimate of drug-likeness (QED) is 0.275. The van der Waals surface area contributed by atoms with Crippen molar-refractivity contribution in [2.24, 2.45) is 0 Å². The molecule has 0 aromatic heterocycles. The minimum absolute atomic E-state index is 0.603. The third-order valence-electron chi connectivity index (χ3n) is 3.98. The van der Waals surface area contributed by atoms with Gasteiger partial charge >= 0.3 is 12.1 Å². The molecule has 0 aliphatic carbocycles. The third-order valence-corrected chi connectivity index (χ3v) is 6.28. The van der Waals surface area contributed by atoms with E-state index in [0.29, 0.717) is 6.04 Å². The third kappa shape index (κ3) is 13.6. The molecule has 0 radical (unpaired) electrons. The van der Waals surface area contributed by atoms with E-state index in [1.165, 1.54) is 51.4 Å². The molecule has 0 rings (SSSR count). The molecule has 2 nitrogen and oxygen atoms in total. The van der Waals surface area contributed by atoms with Gasteiger partial charge in [0.2, 0.25) is 8.32 Å². The minimum Gasteiger partial charge on any atom is -0.513 e. The van der Waals surface area contributed by atoms with Gasteiger partial charge in [-0.15, -0.1) is 0 Å². The molecule has 0 aromatic carbocycles. The first kappa shape index (κ1) is 22.5. The van der Waals surface area contributed by atoms with Crippen LogP contribution in [0.3, 0.4) is 0 Å². The van der Waals surface area contributed by atoms with E-state index in [9.17, 15) is 18.0 Å². The molecule has 6 heteroatoms. The van der Waals surface area contributed by atoms with Crippen LogP contribution in [0.25, 0.3) is 0 Å². The van der Waals surface area contributed by atoms with Gasteiger partial charge in [-0.25, -0.2) is 4.79 Å². The summed E-state index contributed by atoms with van der Waals surface area (Å²) in [4.78, 5) is 10.9. The van der Waals surface area contributed by atoms with E-state index in [1.807, 2.05) is 0 Å². The van der Waals surface area contributed by atoms with Crippen LogP contribution >= 0.6 is 0 Å². The average Bonchev–Trinajstić information content (AvgIpc) is 2.43. The Morgan fingerprint density at radius 2 is 1.22 bits per heavy atom. The molecule has 0 saturated carbocycles. The highest BCUT2D eigenvalue weighted by Gasteiger charge is 2.44. The van der Waals surface area contributed by atoms with E-state index in [1.54, 1.807) is 13.1 Å². The van der Waals surface area contributed by atoms with Crippen LogP contribution in [-0.4, -0.2) is 20.5 Å². The standard InChI is InChI=1S/C17H33F3O2Si/c1-4-5-6-7-8-9-10-11-12-13-14-15-23(2,3)22-16(21)17(18,19)20/h4-15H2,1-3H3. The van der Waals surface area contributed by atoms with Crippen LogP contribution in [-0.2, 0) is 9.22 Å². The number of hydrogen-bond donors (Lipinski definition) is 0. The second-order valence-electron chi connectivity index (χ2n) is 6.93. The van der Waals surface area contributed by atoms with E-state index < -0.39 is 20.5 Å². The lowest BCUT2D eigenvalue weighted by molar-refractivity contribution is -0.190. The second-order valence-corrected chi connectivity index (χ2v) is 11.2. The normalized spacial score (nSPS) is 12.4. The Hall–Kier alpha value is -0.523. The summed E-state index contributed by atoms with van der Waals surface area (Å²) in [7, 11) is -2.54. The first-order valence-electron chi connectivity index (χ1n) is 8.99. The molecule has 23 heavy (non-hydrogen) atoms. The number of carbonyl (C=O) groups excluding carboxylic acids is 1. The van der Waals surface area contributed by atoms with E-state index >= 15 is 0 Å². The number of rotatable bonds is 13. The number of carbonyl (C=O) groups is 1. The smallest absolute Gasteiger partial charge is 0.489 e. The summed E-state index contributed by atoms with van der Waals surface area (Å²) in [5, 5.41) is 0. The van der Waals surface area contributed by atoms with E-state index in [0.717, 1.165) is 19.3 Å². The molecule has 0 saturated heterocycles. The van der Waals surface area contributed by atoms with Crippen LogP contribution in [0.4, 0.5) is 13.2 Å².